The second-order valence-corrected chi connectivity index (χ2v) is 3.96. The molecule has 0 saturated heterocycles. The number of nitrogens with one attached hydrogen (secondary N) is 2. The van der Waals surface area contributed by atoms with E-state index in [2.05, 4.69) is 20.3 Å². The van der Waals surface area contributed by atoms with Gasteiger partial charge in [0.15, 0.2) is 0 Å². The molecule has 6 nitrogen and oxygen atoms in total. The second-order valence-electron chi connectivity index (χ2n) is 3.57. The molecule has 7 heteroatoms. The van der Waals surface area contributed by atoms with Gasteiger partial charge < -0.3 is 10.3 Å². The second kappa shape index (κ2) is 4.97. The Kier molecular flexibility index (Phi) is 3.38. The number of H-pyrrole nitrogens is 1. The third-order valence-corrected chi connectivity index (χ3v) is 2.44. The fourth-order valence-corrected chi connectivity index (χ4v) is 1.52. The summed E-state index contributed by atoms with van der Waals surface area (Å²) in [6, 6.07) is 1.64. The molecule has 0 saturated carbocycles. The van der Waals surface area contributed by atoms with Crippen LogP contribution < -0.4 is 10.9 Å². The predicted molar refractivity (Wildman–Crippen MR) is 66.8 cm³/mol. The number of aromatic amines is 1. The van der Waals surface area contributed by atoms with Crippen molar-refractivity contribution >= 4 is 23.2 Å². The highest BCUT2D eigenvalue weighted by Crippen LogP contribution is 2.17. The first-order chi connectivity index (χ1) is 8.56. The zero-order valence-electron chi connectivity index (χ0n) is 9.40. The highest BCUT2D eigenvalue weighted by Gasteiger charge is 2.09. The van der Waals surface area contributed by atoms with Crippen LogP contribution in [0.4, 0.5) is 5.69 Å². The fraction of sp³-hybridized carbons (Fsp3) is 0.0909. The van der Waals surface area contributed by atoms with Gasteiger partial charge in [-0.2, -0.15) is 0 Å². The van der Waals surface area contributed by atoms with Crippen molar-refractivity contribution in [3.63, 3.8) is 0 Å². The van der Waals surface area contributed by atoms with E-state index in [4.69, 9.17) is 11.6 Å². The molecule has 0 aliphatic rings. The Morgan fingerprint density at radius 3 is 2.78 bits per heavy atom. The number of pyridine rings is 1. The van der Waals surface area contributed by atoms with Gasteiger partial charge in [0.05, 0.1) is 18.1 Å². The molecule has 0 fully saturated rings. The number of carbonyl (C=O) groups is 1. The van der Waals surface area contributed by atoms with E-state index in [1.54, 1.807) is 13.0 Å². The largest absolute Gasteiger partial charge is 0.325 e. The summed E-state index contributed by atoms with van der Waals surface area (Å²) in [4.78, 5) is 32.6. The summed E-state index contributed by atoms with van der Waals surface area (Å²) < 4.78 is 0. The fourth-order valence-electron chi connectivity index (χ4n) is 1.31. The van der Waals surface area contributed by atoms with E-state index in [0.717, 1.165) is 11.8 Å². The van der Waals surface area contributed by atoms with Crippen molar-refractivity contribution in [1.82, 2.24) is 15.0 Å². The smallest absolute Gasteiger partial charge is 0.275 e. The molecule has 0 spiro atoms. The molecule has 0 unspecified atom stereocenters. The normalized spacial score (nSPS) is 10.1. The number of aromatic nitrogens is 3. The molecule has 18 heavy (non-hydrogen) atoms. The Morgan fingerprint density at radius 2 is 2.17 bits per heavy atom. The number of amides is 1. The highest BCUT2D eigenvalue weighted by atomic mass is 35.5. The number of hydrogen-bond donors (Lipinski definition) is 2. The molecule has 1 amide bonds. The Labute approximate surface area is 107 Å². The molecule has 0 aromatic carbocycles. The SMILES string of the molecule is Cc1cc(Cl)ncc1NC(=O)c1c[nH]c(=O)cn1. The highest BCUT2D eigenvalue weighted by molar-refractivity contribution is 6.29. The van der Waals surface area contributed by atoms with E-state index < -0.39 is 5.91 Å². The molecule has 0 aliphatic carbocycles. The Bertz CT molecular complexity index is 633. The maximum Gasteiger partial charge on any atom is 0.275 e. The van der Waals surface area contributed by atoms with Crippen molar-refractivity contribution in [2.75, 3.05) is 5.32 Å². The molecule has 2 aromatic rings. The summed E-state index contributed by atoms with van der Waals surface area (Å²) >= 11 is 5.71. The number of anilines is 1. The number of hydrogen-bond acceptors (Lipinski definition) is 4. The average Bonchev–Trinajstić information content (AvgIpc) is 2.33. The average molecular weight is 265 g/mol. The van der Waals surface area contributed by atoms with Crippen LogP contribution in [0.3, 0.4) is 0 Å². The summed E-state index contributed by atoms with van der Waals surface area (Å²) in [5, 5.41) is 2.98. The minimum Gasteiger partial charge on any atom is -0.325 e. The topological polar surface area (TPSA) is 87.7 Å². The lowest BCUT2D eigenvalue weighted by Gasteiger charge is -2.07. The third kappa shape index (κ3) is 2.72. The van der Waals surface area contributed by atoms with Crippen LogP contribution in [0.2, 0.25) is 5.15 Å². The summed E-state index contributed by atoms with van der Waals surface area (Å²) in [5.41, 5.74) is 1.07. The standard InChI is InChI=1S/C11H9ClN4O2/c1-6-2-9(12)14-3-7(6)16-11(18)8-4-15-10(17)5-13-8/h2-5H,1H3,(H,15,17)(H,16,18). The van der Waals surface area contributed by atoms with Crippen LogP contribution in [0.1, 0.15) is 16.1 Å². The molecule has 0 radical (unpaired) electrons. The van der Waals surface area contributed by atoms with Crippen LogP contribution in [0.25, 0.3) is 0 Å². The van der Waals surface area contributed by atoms with Crippen molar-refractivity contribution in [3.8, 4) is 0 Å². The van der Waals surface area contributed by atoms with Crippen molar-refractivity contribution in [2.24, 2.45) is 0 Å². The third-order valence-electron chi connectivity index (χ3n) is 2.23. The number of aryl methyl sites for hydroxylation is 1. The van der Waals surface area contributed by atoms with E-state index in [-0.39, 0.29) is 11.3 Å². The molecular formula is C11H9ClN4O2. The molecule has 2 aromatic heterocycles. The van der Waals surface area contributed by atoms with Crippen LogP contribution in [-0.4, -0.2) is 20.9 Å². The number of halogens is 1. The van der Waals surface area contributed by atoms with Crippen LogP contribution in [0.5, 0.6) is 0 Å². The Balaban J connectivity index is 2.21. The van der Waals surface area contributed by atoms with Crippen molar-refractivity contribution < 1.29 is 4.79 Å². The summed E-state index contributed by atoms with van der Waals surface area (Å²) in [6.07, 6.45) is 3.75. The van der Waals surface area contributed by atoms with Gasteiger partial charge in [-0.3, -0.25) is 9.59 Å². The molecule has 0 bridgehead atoms. The van der Waals surface area contributed by atoms with Crippen molar-refractivity contribution in [1.29, 1.82) is 0 Å². The summed E-state index contributed by atoms with van der Waals surface area (Å²) in [5.74, 6) is -0.432. The van der Waals surface area contributed by atoms with Crippen LogP contribution >= 0.6 is 11.6 Å². The van der Waals surface area contributed by atoms with Gasteiger partial charge in [-0.15, -0.1) is 0 Å². The molecule has 2 N–H and O–H groups in total. The Hall–Kier alpha value is -2.21. The number of carbonyl (C=O) groups excluding carboxylic acids is 1. The monoisotopic (exact) mass is 264 g/mol. The van der Waals surface area contributed by atoms with Crippen molar-refractivity contribution in [3.05, 3.63) is 51.4 Å². The molecule has 92 valence electrons. The summed E-state index contributed by atoms with van der Waals surface area (Å²) in [7, 11) is 0. The lowest BCUT2D eigenvalue weighted by atomic mass is 10.2. The van der Waals surface area contributed by atoms with Crippen molar-refractivity contribution in [2.45, 2.75) is 6.92 Å². The molecule has 0 atom stereocenters. The Morgan fingerprint density at radius 1 is 1.39 bits per heavy atom. The molecule has 2 heterocycles. The van der Waals surface area contributed by atoms with E-state index >= 15 is 0 Å². The first-order valence-electron chi connectivity index (χ1n) is 5.04. The predicted octanol–water partition coefficient (Wildman–Crippen LogP) is 1.38. The lowest BCUT2D eigenvalue weighted by molar-refractivity contribution is 0.102. The first kappa shape index (κ1) is 12.3. The number of nitrogens with zero attached hydrogens (tertiary/aromatic N) is 2. The van der Waals surface area contributed by atoms with Crippen LogP contribution in [0.15, 0.2) is 29.5 Å². The van der Waals surface area contributed by atoms with E-state index in [1.165, 1.54) is 12.4 Å². The zero-order valence-corrected chi connectivity index (χ0v) is 10.2. The molecular weight excluding hydrogens is 256 g/mol. The minimum atomic E-state index is -0.432. The maximum atomic E-state index is 11.8. The molecule has 2 rings (SSSR count). The van der Waals surface area contributed by atoms with Gasteiger partial charge in [-0.05, 0) is 18.6 Å². The van der Waals surface area contributed by atoms with Gasteiger partial charge in [-0.25, -0.2) is 9.97 Å². The van der Waals surface area contributed by atoms with Gasteiger partial charge in [0, 0.05) is 6.20 Å². The first-order valence-corrected chi connectivity index (χ1v) is 5.42. The number of rotatable bonds is 2. The lowest BCUT2D eigenvalue weighted by Crippen LogP contribution is -2.17. The van der Waals surface area contributed by atoms with Gasteiger partial charge in [-0.1, -0.05) is 11.6 Å². The zero-order chi connectivity index (χ0) is 13.1. The summed E-state index contributed by atoms with van der Waals surface area (Å²) in [6.45, 7) is 1.80. The quantitative estimate of drug-likeness (QED) is 0.802. The van der Waals surface area contributed by atoms with E-state index in [1.807, 2.05) is 0 Å². The van der Waals surface area contributed by atoms with E-state index in [9.17, 15) is 9.59 Å². The maximum absolute atomic E-state index is 11.8. The van der Waals surface area contributed by atoms with Crippen LogP contribution in [-0.2, 0) is 0 Å². The van der Waals surface area contributed by atoms with E-state index in [0.29, 0.717) is 10.8 Å². The molecule has 0 aliphatic heterocycles. The minimum absolute atomic E-state index is 0.115. The van der Waals surface area contributed by atoms with Gasteiger partial charge in [0.1, 0.15) is 10.8 Å². The van der Waals surface area contributed by atoms with Gasteiger partial charge in [0.25, 0.3) is 11.5 Å². The van der Waals surface area contributed by atoms with Gasteiger partial charge >= 0.3 is 0 Å². The van der Waals surface area contributed by atoms with Gasteiger partial charge in [0.2, 0.25) is 0 Å². The van der Waals surface area contributed by atoms with Crippen LogP contribution in [0, 0.1) is 6.92 Å².